The van der Waals surface area contributed by atoms with E-state index in [2.05, 4.69) is 4.99 Å². The van der Waals surface area contributed by atoms with E-state index in [1.54, 1.807) is 6.07 Å². The third-order valence-electron chi connectivity index (χ3n) is 5.42. The van der Waals surface area contributed by atoms with Crippen LogP contribution in [0.1, 0.15) is 16.7 Å². The van der Waals surface area contributed by atoms with Gasteiger partial charge in [-0.25, -0.2) is 8.42 Å². The second-order valence-corrected chi connectivity index (χ2v) is 11.2. The SMILES string of the molecule is Cc1cccc(N2C(=NC(=O)Cc3ccccc3Cl)S[C@H]3CS(=O)(=O)C[C@@H]32)c1C. The lowest BCUT2D eigenvalue weighted by Gasteiger charge is -2.26. The van der Waals surface area contributed by atoms with Crippen molar-refractivity contribution in [2.24, 2.45) is 4.99 Å². The number of nitrogens with zero attached hydrogens (tertiary/aromatic N) is 2. The van der Waals surface area contributed by atoms with Crippen molar-refractivity contribution in [3.8, 4) is 0 Å². The topological polar surface area (TPSA) is 66.8 Å². The summed E-state index contributed by atoms with van der Waals surface area (Å²) in [4.78, 5) is 19.0. The Labute approximate surface area is 180 Å². The van der Waals surface area contributed by atoms with Gasteiger partial charge in [-0.1, -0.05) is 53.7 Å². The van der Waals surface area contributed by atoms with Gasteiger partial charge in [-0.05, 0) is 42.7 Å². The molecule has 0 aromatic heterocycles. The van der Waals surface area contributed by atoms with E-state index in [9.17, 15) is 13.2 Å². The summed E-state index contributed by atoms with van der Waals surface area (Å²) in [5, 5.41) is 0.988. The average Bonchev–Trinajstić information content (AvgIpc) is 3.10. The van der Waals surface area contributed by atoms with Crippen LogP contribution in [-0.2, 0) is 21.1 Å². The summed E-state index contributed by atoms with van der Waals surface area (Å²) in [6.07, 6.45) is 0.109. The van der Waals surface area contributed by atoms with Crippen LogP contribution in [0, 0.1) is 13.8 Å². The largest absolute Gasteiger partial charge is 0.315 e. The number of carbonyl (C=O) groups is 1. The van der Waals surface area contributed by atoms with Crippen molar-refractivity contribution in [1.29, 1.82) is 0 Å². The highest BCUT2D eigenvalue weighted by Gasteiger charge is 2.49. The van der Waals surface area contributed by atoms with Crippen molar-refractivity contribution in [1.82, 2.24) is 0 Å². The van der Waals surface area contributed by atoms with Crippen molar-refractivity contribution in [2.45, 2.75) is 31.6 Å². The van der Waals surface area contributed by atoms with E-state index >= 15 is 0 Å². The number of fused-ring (bicyclic) bond motifs is 1. The number of halogens is 1. The van der Waals surface area contributed by atoms with Crippen molar-refractivity contribution < 1.29 is 13.2 Å². The Hall–Kier alpha value is -1.83. The number of rotatable bonds is 3. The fourth-order valence-electron chi connectivity index (χ4n) is 3.79. The number of sulfone groups is 1. The summed E-state index contributed by atoms with van der Waals surface area (Å²) < 4.78 is 24.4. The minimum atomic E-state index is -3.10. The lowest BCUT2D eigenvalue weighted by Crippen LogP contribution is -2.38. The van der Waals surface area contributed by atoms with Crippen molar-refractivity contribution in [2.75, 3.05) is 16.4 Å². The van der Waals surface area contributed by atoms with Crippen LogP contribution >= 0.6 is 23.4 Å². The molecule has 0 N–H and O–H groups in total. The maximum atomic E-state index is 12.7. The van der Waals surface area contributed by atoms with Gasteiger partial charge in [0.1, 0.15) is 0 Å². The Kier molecular flexibility index (Phi) is 5.48. The Morgan fingerprint density at radius 3 is 2.69 bits per heavy atom. The monoisotopic (exact) mass is 448 g/mol. The summed E-state index contributed by atoms with van der Waals surface area (Å²) in [5.41, 5.74) is 3.81. The molecule has 2 heterocycles. The zero-order valence-electron chi connectivity index (χ0n) is 16.1. The molecule has 0 saturated carbocycles. The highest BCUT2D eigenvalue weighted by molar-refractivity contribution is 8.16. The Balaban J connectivity index is 1.70. The minimum absolute atomic E-state index is 0.0791. The van der Waals surface area contributed by atoms with Crippen LogP contribution in [-0.4, -0.2) is 42.3 Å². The lowest BCUT2D eigenvalue weighted by molar-refractivity contribution is -0.117. The molecule has 2 saturated heterocycles. The van der Waals surface area contributed by atoms with Crippen LogP contribution in [0.3, 0.4) is 0 Å². The molecule has 2 aromatic carbocycles. The second kappa shape index (κ2) is 7.78. The molecule has 0 bridgehead atoms. The number of amides is 1. The Morgan fingerprint density at radius 2 is 1.93 bits per heavy atom. The predicted octanol–water partition coefficient (Wildman–Crippen LogP) is 3.80. The highest BCUT2D eigenvalue weighted by atomic mass is 35.5. The normalized spacial score (nSPS) is 24.1. The fourth-order valence-corrected chi connectivity index (χ4v) is 7.92. The number of benzene rings is 2. The van der Waals surface area contributed by atoms with Gasteiger partial charge < -0.3 is 4.90 Å². The van der Waals surface area contributed by atoms with Crippen LogP contribution in [0.25, 0.3) is 0 Å². The van der Waals surface area contributed by atoms with Crippen molar-refractivity contribution >= 4 is 50.0 Å². The first kappa shape index (κ1) is 20.4. The summed E-state index contributed by atoms with van der Waals surface area (Å²) in [7, 11) is -3.10. The summed E-state index contributed by atoms with van der Waals surface area (Å²) in [6, 6.07) is 12.9. The smallest absolute Gasteiger partial charge is 0.252 e. The van der Waals surface area contributed by atoms with Crippen molar-refractivity contribution in [3.63, 3.8) is 0 Å². The number of hydrogen-bond donors (Lipinski definition) is 0. The predicted molar refractivity (Wildman–Crippen MR) is 120 cm³/mol. The van der Waals surface area contributed by atoms with E-state index < -0.39 is 9.84 Å². The standard InChI is InChI=1S/C21H21ClN2O3S2/c1-13-6-5-9-17(14(13)2)24-18-11-29(26,27)12-19(18)28-21(24)23-20(25)10-15-7-3-4-8-16(15)22/h3-9,18-19H,10-12H2,1-2H3/t18-,19-/m0/s1. The molecule has 152 valence electrons. The number of thioether (sulfide) groups is 1. The zero-order chi connectivity index (χ0) is 20.8. The molecule has 0 spiro atoms. The van der Waals surface area contributed by atoms with Crippen LogP contribution < -0.4 is 4.90 Å². The maximum absolute atomic E-state index is 12.7. The average molecular weight is 449 g/mol. The fraction of sp³-hybridized carbons (Fsp3) is 0.333. The number of carbonyl (C=O) groups excluding carboxylic acids is 1. The summed E-state index contributed by atoms with van der Waals surface area (Å²) >= 11 is 7.56. The number of anilines is 1. The molecule has 5 nitrogen and oxygen atoms in total. The van der Waals surface area contributed by atoms with E-state index in [1.165, 1.54) is 11.8 Å². The van der Waals surface area contributed by atoms with Crippen LogP contribution in [0.5, 0.6) is 0 Å². The van der Waals surface area contributed by atoms with Gasteiger partial charge in [0.25, 0.3) is 5.91 Å². The summed E-state index contributed by atoms with van der Waals surface area (Å²) in [5.74, 6) is -0.101. The Bertz CT molecular complexity index is 1110. The minimum Gasteiger partial charge on any atom is -0.315 e. The Morgan fingerprint density at radius 1 is 1.17 bits per heavy atom. The quantitative estimate of drug-likeness (QED) is 0.714. The highest BCUT2D eigenvalue weighted by Crippen LogP contribution is 2.42. The van der Waals surface area contributed by atoms with Crippen LogP contribution in [0.2, 0.25) is 5.02 Å². The molecule has 0 unspecified atom stereocenters. The lowest BCUT2D eigenvalue weighted by atomic mass is 10.1. The molecule has 2 atom stereocenters. The molecule has 2 aliphatic rings. The molecule has 1 amide bonds. The zero-order valence-corrected chi connectivity index (χ0v) is 18.5. The summed E-state index contributed by atoms with van der Waals surface area (Å²) in [6.45, 7) is 4.03. The van der Waals surface area contributed by atoms with Crippen molar-refractivity contribution in [3.05, 3.63) is 64.2 Å². The first-order valence-electron chi connectivity index (χ1n) is 9.32. The van der Waals surface area contributed by atoms with Crippen LogP contribution in [0.4, 0.5) is 5.69 Å². The molecule has 0 radical (unpaired) electrons. The van der Waals surface area contributed by atoms with E-state index in [-0.39, 0.29) is 35.1 Å². The van der Waals surface area contributed by atoms with Gasteiger partial charge in [-0.15, -0.1) is 0 Å². The molecular weight excluding hydrogens is 428 g/mol. The maximum Gasteiger partial charge on any atom is 0.252 e. The van der Waals surface area contributed by atoms with Gasteiger partial charge >= 0.3 is 0 Å². The number of amidine groups is 1. The third kappa shape index (κ3) is 4.09. The number of aryl methyl sites for hydroxylation is 1. The first-order valence-corrected chi connectivity index (χ1v) is 12.4. The van der Waals surface area contributed by atoms with Gasteiger partial charge in [0.05, 0.1) is 24.0 Å². The van der Waals surface area contributed by atoms with Gasteiger partial charge in [0.15, 0.2) is 15.0 Å². The molecule has 2 fully saturated rings. The second-order valence-electron chi connectivity index (χ2n) is 7.45. The molecule has 8 heteroatoms. The number of aliphatic imine (C=N–C) groups is 1. The molecule has 29 heavy (non-hydrogen) atoms. The van der Waals surface area contributed by atoms with E-state index in [4.69, 9.17) is 11.6 Å². The number of hydrogen-bond acceptors (Lipinski definition) is 4. The molecule has 2 aromatic rings. The van der Waals surface area contributed by atoms with E-state index in [1.807, 2.05) is 55.1 Å². The van der Waals surface area contributed by atoms with Gasteiger partial charge in [-0.3, -0.25) is 4.79 Å². The third-order valence-corrected chi connectivity index (χ3v) is 9.00. The van der Waals surface area contributed by atoms with Gasteiger partial charge in [0.2, 0.25) is 0 Å². The van der Waals surface area contributed by atoms with Gasteiger partial charge in [-0.2, -0.15) is 4.99 Å². The molecule has 2 aliphatic heterocycles. The van der Waals surface area contributed by atoms with E-state index in [0.717, 1.165) is 22.4 Å². The molecule has 0 aliphatic carbocycles. The molecule has 4 rings (SSSR count). The van der Waals surface area contributed by atoms with Crippen LogP contribution in [0.15, 0.2) is 47.5 Å². The first-order chi connectivity index (χ1) is 13.7. The van der Waals surface area contributed by atoms with E-state index in [0.29, 0.717) is 10.2 Å². The molecular formula is C21H21ClN2O3S2. The van der Waals surface area contributed by atoms with Gasteiger partial charge in [0, 0.05) is 16.0 Å².